The van der Waals surface area contributed by atoms with E-state index in [0.717, 1.165) is 30.5 Å². The van der Waals surface area contributed by atoms with E-state index in [9.17, 15) is 14.4 Å². The molecule has 0 aliphatic carbocycles. The van der Waals surface area contributed by atoms with Crippen molar-refractivity contribution in [3.63, 3.8) is 0 Å². The third-order valence-electron chi connectivity index (χ3n) is 3.62. The Labute approximate surface area is 131 Å². The van der Waals surface area contributed by atoms with Crippen LogP contribution in [0.3, 0.4) is 0 Å². The maximum Gasteiger partial charge on any atom is 0.226 e. The van der Waals surface area contributed by atoms with Crippen molar-refractivity contribution < 1.29 is 19.1 Å². The summed E-state index contributed by atoms with van der Waals surface area (Å²) in [5, 5.41) is 5.07. The molecule has 0 aromatic heterocycles. The Kier molecular flexibility index (Phi) is 5.93. The summed E-state index contributed by atoms with van der Waals surface area (Å²) < 4.78 is 6.28. The zero-order valence-corrected chi connectivity index (χ0v) is 13.3. The van der Waals surface area contributed by atoms with Gasteiger partial charge in [-0.1, -0.05) is 21.5 Å². The first-order valence-electron chi connectivity index (χ1n) is 7.08. The zero-order chi connectivity index (χ0) is 15.2. The van der Waals surface area contributed by atoms with E-state index in [1.807, 2.05) is 0 Å². The Morgan fingerprint density at radius 3 is 2.48 bits per heavy atom. The zero-order valence-electron chi connectivity index (χ0n) is 11.7. The monoisotopic (exact) mass is 358 g/mol. The van der Waals surface area contributed by atoms with E-state index >= 15 is 0 Å². The molecule has 2 saturated heterocycles. The Morgan fingerprint density at radius 1 is 1.24 bits per heavy atom. The molecule has 0 aromatic rings. The molecule has 116 valence electrons. The van der Waals surface area contributed by atoms with Gasteiger partial charge in [-0.2, -0.15) is 0 Å². The predicted molar refractivity (Wildman–Crippen MR) is 79.5 cm³/mol. The van der Waals surface area contributed by atoms with Crippen LogP contribution < -0.4 is 10.6 Å². The molecule has 0 saturated carbocycles. The topological polar surface area (TPSA) is 84.5 Å². The second-order valence-electron chi connectivity index (χ2n) is 5.35. The summed E-state index contributed by atoms with van der Waals surface area (Å²) in [5.41, 5.74) is 1.27. The van der Waals surface area contributed by atoms with E-state index in [1.54, 1.807) is 0 Å². The minimum atomic E-state index is -0.297. The van der Waals surface area contributed by atoms with E-state index in [-0.39, 0.29) is 42.9 Å². The molecule has 0 atom stereocenters. The van der Waals surface area contributed by atoms with Crippen molar-refractivity contribution in [3.8, 4) is 0 Å². The number of rotatable bonds is 4. The van der Waals surface area contributed by atoms with Gasteiger partial charge in [0.25, 0.3) is 0 Å². The highest BCUT2D eigenvalue weighted by Crippen LogP contribution is 2.22. The van der Waals surface area contributed by atoms with Gasteiger partial charge in [-0.15, -0.1) is 0 Å². The van der Waals surface area contributed by atoms with Crippen molar-refractivity contribution in [2.75, 3.05) is 19.8 Å². The van der Waals surface area contributed by atoms with Crippen LogP contribution in [-0.4, -0.2) is 37.5 Å². The first-order valence-corrected chi connectivity index (χ1v) is 7.87. The van der Waals surface area contributed by atoms with Gasteiger partial charge in [0, 0.05) is 30.3 Å². The van der Waals surface area contributed by atoms with Gasteiger partial charge in [-0.3, -0.25) is 19.7 Å². The third-order valence-corrected chi connectivity index (χ3v) is 4.46. The van der Waals surface area contributed by atoms with Crippen LogP contribution in [0, 0.1) is 5.92 Å². The lowest BCUT2D eigenvalue weighted by Gasteiger charge is -2.20. The molecule has 6 nitrogen and oxygen atoms in total. The Balaban J connectivity index is 1.76. The molecule has 2 aliphatic rings. The number of carbonyl (C=O) groups excluding carboxylic acids is 3. The summed E-state index contributed by atoms with van der Waals surface area (Å²) in [6.45, 7) is 1.89. The highest BCUT2D eigenvalue weighted by atomic mass is 79.9. The van der Waals surface area contributed by atoms with Crippen LogP contribution in [0.2, 0.25) is 0 Å². The van der Waals surface area contributed by atoms with Gasteiger partial charge in [-0.25, -0.2) is 0 Å². The van der Waals surface area contributed by atoms with Crippen LogP contribution in [0.4, 0.5) is 0 Å². The van der Waals surface area contributed by atoms with Crippen molar-refractivity contribution >= 4 is 33.7 Å². The predicted octanol–water partition coefficient (Wildman–Crippen LogP) is 1.00. The van der Waals surface area contributed by atoms with Crippen LogP contribution in [0.5, 0.6) is 0 Å². The second-order valence-corrected chi connectivity index (χ2v) is 6.30. The molecule has 7 heteroatoms. The molecular weight excluding hydrogens is 340 g/mol. The largest absolute Gasteiger partial charge is 0.381 e. The van der Waals surface area contributed by atoms with Crippen LogP contribution in [0.1, 0.15) is 32.1 Å². The summed E-state index contributed by atoms with van der Waals surface area (Å²) in [4.78, 5) is 34.4. The number of halogens is 1. The lowest BCUT2D eigenvalue weighted by Crippen LogP contribution is -2.40. The maximum atomic E-state index is 11.9. The van der Waals surface area contributed by atoms with Gasteiger partial charge in [-0.05, 0) is 18.8 Å². The van der Waals surface area contributed by atoms with Crippen LogP contribution in [0.15, 0.2) is 10.1 Å². The number of amides is 3. The Hall–Kier alpha value is -1.21. The normalized spacial score (nSPS) is 20.1. The van der Waals surface area contributed by atoms with E-state index in [2.05, 4.69) is 26.6 Å². The Morgan fingerprint density at radius 2 is 1.86 bits per heavy atom. The number of nitrogens with one attached hydrogen (secondary N) is 2. The number of carbonyl (C=O) groups is 3. The lowest BCUT2D eigenvalue weighted by molar-refractivity contribution is -0.135. The van der Waals surface area contributed by atoms with Crippen molar-refractivity contribution in [3.05, 3.63) is 10.1 Å². The van der Waals surface area contributed by atoms with E-state index in [4.69, 9.17) is 4.74 Å². The third kappa shape index (κ3) is 5.24. The van der Waals surface area contributed by atoms with Crippen molar-refractivity contribution in [2.45, 2.75) is 32.1 Å². The van der Waals surface area contributed by atoms with Crippen molar-refractivity contribution in [1.82, 2.24) is 10.6 Å². The molecule has 0 bridgehead atoms. The van der Waals surface area contributed by atoms with E-state index in [0.29, 0.717) is 6.54 Å². The van der Waals surface area contributed by atoms with Gasteiger partial charge in [0.2, 0.25) is 17.7 Å². The molecule has 0 aromatic carbocycles. The number of imide groups is 1. The fourth-order valence-electron chi connectivity index (χ4n) is 2.52. The first kappa shape index (κ1) is 16.2. The number of hydrogen-bond acceptors (Lipinski definition) is 4. The fraction of sp³-hybridized carbons (Fsp3) is 0.643. The van der Waals surface area contributed by atoms with Crippen LogP contribution >= 0.6 is 15.9 Å². The summed E-state index contributed by atoms with van der Waals surface area (Å²) >= 11 is 3.50. The van der Waals surface area contributed by atoms with E-state index < -0.39 is 0 Å². The second kappa shape index (κ2) is 7.70. The van der Waals surface area contributed by atoms with Crippen LogP contribution in [0.25, 0.3) is 0 Å². The summed E-state index contributed by atoms with van der Waals surface area (Å²) in [5.74, 6) is -0.919. The highest BCUT2D eigenvalue weighted by molar-refractivity contribution is 9.11. The van der Waals surface area contributed by atoms with Gasteiger partial charge in [0.1, 0.15) is 0 Å². The number of ether oxygens (including phenoxy) is 1. The van der Waals surface area contributed by atoms with Gasteiger partial charge >= 0.3 is 0 Å². The summed E-state index contributed by atoms with van der Waals surface area (Å²) in [7, 11) is 0. The van der Waals surface area contributed by atoms with Crippen molar-refractivity contribution in [2.24, 2.45) is 5.92 Å². The molecule has 21 heavy (non-hydrogen) atoms. The minimum absolute atomic E-state index is 0.132. The molecule has 2 aliphatic heterocycles. The maximum absolute atomic E-state index is 11.9. The molecule has 0 unspecified atom stereocenters. The lowest BCUT2D eigenvalue weighted by atomic mass is 9.93. The molecule has 3 amide bonds. The minimum Gasteiger partial charge on any atom is -0.381 e. The van der Waals surface area contributed by atoms with Gasteiger partial charge in [0.05, 0.1) is 13.2 Å². The quantitative estimate of drug-likeness (QED) is 0.734. The summed E-state index contributed by atoms with van der Waals surface area (Å²) in [6.07, 6.45) is 2.44. The average molecular weight is 359 g/mol. The van der Waals surface area contributed by atoms with Gasteiger partial charge in [0.15, 0.2) is 0 Å². The van der Waals surface area contributed by atoms with Crippen LogP contribution in [-0.2, 0) is 19.1 Å². The molecule has 2 fully saturated rings. The fourth-order valence-corrected chi connectivity index (χ4v) is 3.06. The first-order chi connectivity index (χ1) is 10.0. The van der Waals surface area contributed by atoms with Gasteiger partial charge < -0.3 is 10.1 Å². The molecule has 2 heterocycles. The number of piperidine rings is 1. The summed E-state index contributed by atoms with van der Waals surface area (Å²) in [6, 6.07) is 0. The molecule has 0 radical (unpaired) electrons. The van der Waals surface area contributed by atoms with E-state index in [1.165, 1.54) is 5.57 Å². The molecule has 2 N–H and O–H groups in total. The molecule has 2 rings (SSSR count). The SMILES string of the molecule is O=C(CC1CC(=O)NC(=O)C1)NCC(Br)=C1CCOCC1. The standard InChI is InChI=1S/C14H19BrN2O4/c15-11(10-1-3-21-4-2-10)8-16-12(18)5-9-6-13(19)17-14(20)7-9/h9H,1-8H2,(H,16,18)(H,17,19,20). The smallest absolute Gasteiger partial charge is 0.226 e. The number of hydrogen-bond donors (Lipinski definition) is 2. The van der Waals surface area contributed by atoms with Crippen molar-refractivity contribution in [1.29, 1.82) is 0 Å². The molecule has 0 spiro atoms. The molecular formula is C14H19BrN2O4. The highest BCUT2D eigenvalue weighted by Gasteiger charge is 2.26. The average Bonchev–Trinajstić information content (AvgIpc) is 2.44. The Bertz CT molecular complexity index is 452.